The lowest BCUT2D eigenvalue weighted by Gasteiger charge is -2.16. The summed E-state index contributed by atoms with van der Waals surface area (Å²) >= 11 is 5.83. The molecule has 1 N–H and O–H groups in total. The highest BCUT2D eigenvalue weighted by molar-refractivity contribution is 6.31. The molecule has 8 nitrogen and oxygen atoms in total. The number of carbonyl (C=O) groups is 3. The molecule has 0 aliphatic heterocycles. The van der Waals surface area contributed by atoms with E-state index in [1.807, 2.05) is 0 Å². The summed E-state index contributed by atoms with van der Waals surface area (Å²) in [6.07, 6.45) is 1.90. The maximum absolute atomic E-state index is 12.1. The second-order valence-electron chi connectivity index (χ2n) is 6.28. The number of benzene rings is 1. The van der Waals surface area contributed by atoms with E-state index in [1.54, 1.807) is 0 Å². The average molecular weight is 393 g/mol. The smallest absolute Gasteiger partial charge is 0.374 e. The van der Waals surface area contributed by atoms with Crippen LogP contribution in [0, 0.1) is 0 Å². The van der Waals surface area contributed by atoms with E-state index in [0.717, 1.165) is 23.8 Å². The Morgan fingerprint density at radius 3 is 2.74 bits per heavy atom. The Labute approximate surface area is 159 Å². The quantitative estimate of drug-likeness (QED) is 0.743. The van der Waals surface area contributed by atoms with Crippen LogP contribution in [-0.4, -0.2) is 48.9 Å². The molecular weight excluding hydrogens is 376 g/mol. The van der Waals surface area contributed by atoms with Gasteiger partial charge in [0.1, 0.15) is 5.58 Å². The molecule has 142 valence electrons. The van der Waals surface area contributed by atoms with Gasteiger partial charge in [-0.15, -0.1) is 0 Å². The van der Waals surface area contributed by atoms with Crippen LogP contribution in [0.15, 0.2) is 33.5 Å². The normalized spacial score (nSPS) is 13.3. The molecule has 27 heavy (non-hydrogen) atoms. The molecule has 2 aromatic rings. The monoisotopic (exact) mass is 392 g/mol. The number of nitrogens with one attached hydrogen (secondary N) is 1. The summed E-state index contributed by atoms with van der Waals surface area (Å²) in [6.45, 7) is -0.701. The van der Waals surface area contributed by atoms with Crippen LogP contribution in [0.4, 0.5) is 0 Å². The Morgan fingerprint density at radius 2 is 2.04 bits per heavy atom. The number of nitrogens with zero attached hydrogens (tertiary/aromatic N) is 1. The number of ether oxygens (including phenoxy) is 1. The number of rotatable bonds is 6. The minimum absolute atomic E-state index is 0.126. The number of hydrogen-bond donors (Lipinski definition) is 1. The van der Waals surface area contributed by atoms with Gasteiger partial charge in [-0.25, -0.2) is 4.79 Å². The van der Waals surface area contributed by atoms with E-state index in [2.05, 4.69) is 5.32 Å². The van der Waals surface area contributed by atoms with Gasteiger partial charge >= 0.3 is 5.97 Å². The Bertz CT molecular complexity index is 966. The van der Waals surface area contributed by atoms with Gasteiger partial charge in [0.25, 0.3) is 5.91 Å². The molecule has 0 atom stereocenters. The summed E-state index contributed by atoms with van der Waals surface area (Å²) in [5.41, 5.74) is -0.273. The van der Waals surface area contributed by atoms with Gasteiger partial charge in [-0.1, -0.05) is 11.6 Å². The number of likely N-dealkylation sites (N-methyl/N-ethyl adjacent to an activating group) is 1. The fourth-order valence-electron chi connectivity index (χ4n) is 2.34. The fourth-order valence-corrected chi connectivity index (χ4v) is 2.51. The first kappa shape index (κ1) is 18.9. The van der Waals surface area contributed by atoms with Gasteiger partial charge in [-0.05, 0) is 31.0 Å². The molecule has 0 unspecified atom stereocenters. The first-order valence-corrected chi connectivity index (χ1v) is 8.65. The third-order valence-electron chi connectivity index (χ3n) is 3.97. The van der Waals surface area contributed by atoms with E-state index < -0.39 is 23.9 Å². The lowest BCUT2D eigenvalue weighted by atomic mass is 10.2. The number of hydrogen-bond acceptors (Lipinski definition) is 6. The SMILES string of the molecule is CN(CC(=O)NC1CC1)C(=O)COC(=O)c1cc(=O)c2cc(Cl)ccc2o1. The van der Waals surface area contributed by atoms with Crippen LogP contribution < -0.4 is 10.7 Å². The summed E-state index contributed by atoms with van der Waals surface area (Å²) in [7, 11) is 1.43. The van der Waals surface area contributed by atoms with Crippen LogP contribution in [0.3, 0.4) is 0 Å². The maximum atomic E-state index is 12.1. The zero-order valence-electron chi connectivity index (χ0n) is 14.5. The molecule has 3 rings (SSSR count). The fraction of sp³-hybridized carbons (Fsp3) is 0.333. The largest absolute Gasteiger partial charge is 0.450 e. The van der Waals surface area contributed by atoms with Crippen LogP contribution in [0.25, 0.3) is 11.0 Å². The summed E-state index contributed by atoms with van der Waals surface area (Å²) in [6, 6.07) is 5.60. The van der Waals surface area contributed by atoms with Crippen molar-refractivity contribution in [3.63, 3.8) is 0 Å². The van der Waals surface area contributed by atoms with Gasteiger partial charge in [-0.3, -0.25) is 14.4 Å². The van der Waals surface area contributed by atoms with Gasteiger partial charge in [0, 0.05) is 24.2 Å². The average Bonchev–Trinajstić information content (AvgIpc) is 3.43. The van der Waals surface area contributed by atoms with Crippen molar-refractivity contribution < 1.29 is 23.5 Å². The van der Waals surface area contributed by atoms with E-state index >= 15 is 0 Å². The van der Waals surface area contributed by atoms with Crippen molar-refractivity contribution in [1.82, 2.24) is 10.2 Å². The molecule has 1 aliphatic carbocycles. The number of fused-ring (bicyclic) bond motifs is 1. The Hall–Kier alpha value is -2.87. The number of halogens is 1. The highest BCUT2D eigenvalue weighted by atomic mass is 35.5. The summed E-state index contributed by atoms with van der Waals surface area (Å²) in [5.74, 6) is -2.09. The molecule has 1 saturated carbocycles. The molecule has 0 radical (unpaired) electrons. The molecule has 0 bridgehead atoms. The predicted molar refractivity (Wildman–Crippen MR) is 96.6 cm³/mol. The summed E-state index contributed by atoms with van der Waals surface area (Å²) < 4.78 is 10.2. The molecule has 0 saturated heterocycles. The lowest BCUT2D eigenvalue weighted by Crippen LogP contribution is -2.40. The Kier molecular flexibility index (Phi) is 5.46. The van der Waals surface area contributed by atoms with E-state index in [-0.39, 0.29) is 35.2 Å². The highest BCUT2D eigenvalue weighted by Gasteiger charge is 2.24. The predicted octanol–water partition coefficient (Wildman–Crippen LogP) is 1.34. The van der Waals surface area contributed by atoms with Gasteiger partial charge in [-0.2, -0.15) is 0 Å². The third kappa shape index (κ3) is 4.85. The highest BCUT2D eigenvalue weighted by Crippen LogP contribution is 2.19. The minimum Gasteiger partial charge on any atom is -0.450 e. The molecule has 1 aliphatic rings. The molecule has 0 spiro atoms. The standard InChI is InChI=1S/C18H17ClN2O6/c1-21(8-16(23)20-11-3-4-11)17(24)9-26-18(25)15-7-13(22)12-6-10(19)2-5-14(12)27-15/h2,5-7,11H,3-4,8-9H2,1H3,(H,20,23). The van der Waals surface area contributed by atoms with E-state index in [9.17, 15) is 19.2 Å². The second-order valence-corrected chi connectivity index (χ2v) is 6.72. The van der Waals surface area contributed by atoms with E-state index in [0.29, 0.717) is 5.02 Å². The first-order valence-electron chi connectivity index (χ1n) is 8.27. The van der Waals surface area contributed by atoms with Crippen LogP contribution in [0.5, 0.6) is 0 Å². The maximum Gasteiger partial charge on any atom is 0.374 e. The second kappa shape index (κ2) is 7.79. The van der Waals surface area contributed by atoms with Crippen molar-refractivity contribution in [3.8, 4) is 0 Å². The summed E-state index contributed by atoms with van der Waals surface area (Å²) in [5, 5.41) is 3.36. The molecule has 1 fully saturated rings. The van der Waals surface area contributed by atoms with Crippen LogP contribution in [0.1, 0.15) is 23.4 Å². The molecule has 1 aromatic heterocycles. The Morgan fingerprint density at radius 1 is 1.30 bits per heavy atom. The van der Waals surface area contributed by atoms with Gasteiger partial charge in [0.15, 0.2) is 12.0 Å². The van der Waals surface area contributed by atoms with Gasteiger partial charge in [0.05, 0.1) is 11.9 Å². The van der Waals surface area contributed by atoms with E-state index in [1.165, 1.54) is 25.2 Å². The van der Waals surface area contributed by atoms with Gasteiger partial charge in [0.2, 0.25) is 11.7 Å². The number of carbonyl (C=O) groups excluding carboxylic acids is 3. The van der Waals surface area contributed by atoms with Crippen molar-refractivity contribution in [3.05, 3.63) is 45.3 Å². The molecule has 1 aromatic carbocycles. The van der Waals surface area contributed by atoms with Crippen molar-refractivity contribution >= 4 is 40.4 Å². The molecular formula is C18H17ClN2O6. The summed E-state index contributed by atoms with van der Waals surface area (Å²) in [4.78, 5) is 49.0. The van der Waals surface area contributed by atoms with Crippen molar-refractivity contribution in [2.45, 2.75) is 18.9 Å². The minimum atomic E-state index is -0.951. The van der Waals surface area contributed by atoms with Crippen molar-refractivity contribution in [2.75, 3.05) is 20.2 Å². The van der Waals surface area contributed by atoms with Gasteiger partial charge < -0.3 is 19.4 Å². The zero-order chi connectivity index (χ0) is 19.6. The number of esters is 1. The van der Waals surface area contributed by atoms with Crippen molar-refractivity contribution in [1.29, 1.82) is 0 Å². The lowest BCUT2D eigenvalue weighted by molar-refractivity contribution is -0.137. The molecule has 2 amide bonds. The molecule has 1 heterocycles. The van der Waals surface area contributed by atoms with E-state index in [4.69, 9.17) is 20.8 Å². The molecule has 9 heteroatoms. The van der Waals surface area contributed by atoms with Crippen LogP contribution in [-0.2, 0) is 14.3 Å². The topological polar surface area (TPSA) is 106 Å². The zero-order valence-corrected chi connectivity index (χ0v) is 15.2. The Balaban J connectivity index is 1.59. The third-order valence-corrected chi connectivity index (χ3v) is 4.20. The van der Waals surface area contributed by atoms with Crippen molar-refractivity contribution in [2.24, 2.45) is 0 Å². The van der Waals surface area contributed by atoms with Crippen LogP contribution in [0.2, 0.25) is 5.02 Å². The van der Waals surface area contributed by atoms with Crippen LogP contribution >= 0.6 is 11.6 Å². The number of amides is 2. The first-order chi connectivity index (χ1) is 12.8.